The van der Waals surface area contributed by atoms with E-state index in [0.717, 1.165) is 60.5 Å². The summed E-state index contributed by atoms with van der Waals surface area (Å²) in [6.07, 6.45) is 11.3. The first-order valence-corrected chi connectivity index (χ1v) is 14.3. The summed E-state index contributed by atoms with van der Waals surface area (Å²) in [5.41, 5.74) is 5.39. The number of piperidine rings is 1. The first-order chi connectivity index (χ1) is 18.3. The highest BCUT2D eigenvalue weighted by molar-refractivity contribution is 7.82. The number of fused-ring (bicyclic) bond motifs is 2. The molecule has 0 spiro atoms. The van der Waals surface area contributed by atoms with Crippen molar-refractivity contribution in [2.75, 3.05) is 36.1 Å². The third kappa shape index (κ3) is 5.50. The summed E-state index contributed by atoms with van der Waals surface area (Å²) in [5, 5.41) is 12.2. The van der Waals surface area contributed by atoms with E-state index in [1.165, 1.54) is 0 Å². The van der Waals surface area contributed by atoms with Gasteiger partial charge in [0.05, 0.1) is 27.9 Å². The van der Waals surface area contributed by atoms with Crippen molar-refractivity contribution >= 4 is 44.8 Å². The number of carbonyl (C=O) groups is 1. The van der Waals surface area contributed by atoms with Gasteiger partial charge in [-0.2, -0.15) is 5.10 Å². The van der Waals surface area contributed by atoms with Crippen LogP contribution >= 0.6 is 0 Å². The standard InChI is InChI=1S/C27H34N8O2S/c1-5-10-28-20-8-11-34(12-9-20)24-7-6-22(25-23(24)17-33(3)32-25)27(36)31-21-13-19(14-29-38(4)37)26-30-18(2)15-35(26)16-21/h5-7,13,15-17,20,28-29H,1,8-12,14H2,2-4H3,(H,31,36). The number of carbonyl (C=O) groups excluding carboxylic acids is 1. The maximum atomic E-state index is 13.5. The summed E-state index contributed by atoms with van der Waals surface area (Å²) in [7, 11) is 0.711. The lowest BCUT2D eigenvalue weighted by atomic mass is 10.0. The highest BCUT2D eigenvalue weighted by Crippen LogP contribution is 2.31. The molecule has 3 aromatic heterocycles. The predicted molar refractivity (Wildman–Crippen MR) is 153 cm³/mol. The molecule has 1 aliphatic rings. The van der Waals surface area contributed by atoms with Gasteiger partial charge in [-0.3, -0.25) is 9.48 Å². The summed E-state index contributed by atoms with van der Waals surface area (Å²) in [6.45, 7) is 8.78. The molecule has 10 nitrogen and oxygen atoms in total. The molecule has 1 unspecified atom stereocenters. The van der Waals surface area contributed by atoms with Crippen molar-refractivity contribution in [1.82, 2.24) is 29.2 Å². The van der Waals surface area contributed by atoms with Crippen LogP contribution in [0.15, 0.2) is 49.4 Å². The van der Waals surface area contributed by atoms with E-state index in [1.54, 1.807) is 10.9 Å². The van der Waals surface area contributed by atoms with Crippen molar-refractivity contribution < 1.29 is 9.00 Å². The van der Waals surface area contributed by atoms with E-state index >= 15 is 0 Å². The van der Waals surface area contributed by atoms with Gasteiger partial charge in [-0.15, -0.1) is 6.58 Å². The number of anilines is 2. The van der Waals surface area contributed by atoms with Gasteiger partial charge < -0.3 is 19.9 Å². The second-order valence-electron chi connectivity index (χ2n) is 9.75. The predicted octanol–water partition coefficient (Wildman–Crippen LogP) is 2.91. The summed E-state index contributed by atoms with van der Waals surface area (Å²) in [4.78, 5) is 20.5. The van der Waals surface area contributed by atoms with Gasteiger partial charge in [-0.1, -0.05) is 6.08 Å². The number of pyridine rings is 1. The number of hydrogen-bond acceptors (Lipinski definition) is 6. The molecular weight excluding hydrogens is 500 g/mol. The van der Waals surface area contributed by atoms with Crippen LogP contribution < -0.4 is 20.3 Å². The van der Waals surface area contributed by atoms with Gasteiger partial charge in [0, 0.05) is 80.8 Å². The highest BCUT2D eigenvalue weighted by Gasteiger charge is 2.23. The maximum Gasteiger partial charge on any atom is 0.257 e. The number of hydrogen-bond donors (Lipinski definition) is 3. The lowest BCUT2D eigenvalue weighted by Gasteiger charge is -2.34. The SMILES string of the molecule is C=CCNC1CCN(c2ccc(C(=O)Nc3cc(CNS(C)=O)c4nc(C)cn4c3)c3nn(C)cc23)CC1. The van der Waals surface area contributed by atoms with Crippen LogP contribution in [0.5, 0.6) is 0 Å². The van der Waals surface area contributed by atoms with Crippen LogP contribution in [0.1, 0.15) is 34.5 Å². The lowest BCUT2D eigenvalue weighted by molar-refractivity contribution is 0.102. The Morgan fingerprint density at radius 1 is 1.24 bits per heavy atom. The summed E-state index contributed by atoms with van der Waals surface area (Å²) >= 11 is 0. The van der Waals surface area contributed by atoms with Crippen LogP contribution in [0.3, 0.4) is 0 Å². The Bertz CT molecular complexity index is 1520. The average molecular weight is 535 g/mol. The van der Waals surface area contributed by atoms with E-state index in [2.05, 4.69) is 36.9 Å². The molecule has 5 rings (SSSR count). The van der Waals surface area contributed by atoms with Gasteiger partial charge in [0.15, 0.2) is 0 Å². The monoisotopic (exact) mass is 534 g/mol. The first kappa shape index (κ1) is 26.1. The minimum absolute atomic E-state index is 0.234. The lowest BCUT2D eigenvalue weighted by Crippen LogP contribution is -2.42. The topological polar surface area (TPSA) is 109 Å². The Kier molecular flexibility index (Phi) is 7.59. The molecule has 11 heteroatoms. The molecule has 1 atom stereocenters. The summed E-state index contributed by atoms with van der Waals surface area (Å²) in [6, 6.07) is 6.26. The van der Waals surface area contributed by atoms with Crippen molar-refractivity contribution in [3.05, 3.63) is 66.3 Å². The van der Waals surface area contributed by atoms with Gasteiger partial charge in [-0.25, -0.2) is 13.9 Å². The molecule has 1 saturated heterocycles. The van der Waals surface area contributed by atoms with Crippen molar-refractivity contribution in [2.24, 2.45) is 7.05 Å². The third-order valence-corrected chi connectivity index (χ3v) is 7.42. The second-order valence-corrected chi connectivity index (χ2v) is 10.9. The Hall–Kier alpha value is -3.54. The zero-order valence-corrected chi connectivity index (χ0v) is 22.8. The maximum absolute atomic E-state index is 13.5. The fraction of sp³-hybridized carbons (Fsp3) is 0.370. The van der Waals surface area contributed by atoms with Crippen molar-refractivity contribution in [3.8, 4) is 0 Å². The van der Waals surface area contributed by atoms with Gasteiger partial charge in [0.25, 0.3) is 5.91 Å². The number of amides is 1. The minimum atomic E-state index is -1.17. The molecule has 4 aromatic rings. The molecule has 1 aliphatic heterocycles. The number of nitrogens with one attached hydrogen (secondary N) is 3. The molecule has 38 heavy (non-hydrogen) atoms. The molecule has 0 aliphatic carbocycles. The van der Waals surface area contributed by atoms with Crippen molar-refractivity contribution in [2.45, 2.75) is 32.4 Å². The molecular formula is C27H34N8O2S. The van der Waals surface area contributed by atoms with E-state index in [-0.39, 0.29) is 5.91 Å². The quantitative estimate of drug-likeness (QED) is 0.285. The number of nitrogens with zero attached hydrogens (tertiary/aromatic N) is 5. The first-order valence-electron chi connectivity index (χ1n) is 12.7. The highest BCUT2D eigenvalue weighted by atomic mass is 32.2. The van der Waals surface area contributed by atoms with Gasteiger partial charge in [-0.05, 0) is 38.0 Å². The molecule has 4 heterocycles. The molecule has 0 radical (unpaired) electrons. The Labute approximate surface area is 224 Å². The molecule has 1 fully saturated rings. The van der Waals surface area contributed by atoms with Crippen molar-refractivity contribution in [1.29, 1.82) is 0 Å². The van der Waals surface area contributed by atoms with Gasteiger partial charge in [0.1, 0.15) is 11.2 Å². The number of rotatable bonds is 9. The molecule has 3 N–H and O–H groups in total. The molecule has 1 aromatic carbocycles. The largest absolute Gasteiger partial charge is 0.371 e. The Morgan fingerprint density at radius 3 is 2.76 bits per heavy atom. The van der Waals surface area contributed by atoms with Crippen LogP contribution in [0.2, 0.25) is 0 Å². The van der Waals surface area contributed by atoms with E-state index < -0.39 is 11.0 Å². The van der Waals surface area contributed by atoms with Gasteiger partial charge >= 0.3 is 0 Å². The molecule has 0 bridgehead atoms. The van der Waals surface area contributed by atoms with Crippen LogP contribution in [0.4, 0.5) is 11.4 Å². The Morgan fingerprint density at radius 2 is 2.03 bits per heavy atom. The zero-order valence-electron chi connectivity index (χ0n) is 22.0. The normalized spacial score (nSPS) is 15.3. The minimum Gasteiger partial charge on any atom is -0.371 e. The zero-order chi connectivity index (χ0) is 26.8. The number of aromatic nitrogens is 4. The van der Waals surface area contributed by atoms with Crippen LogP contribution in [0.25, 0.3) is 16.6 Å². The Balaban J connectivity index is 1.41. The molecule has 1 amide bonds. The fourth-order valence-corrected chi connectivity index (χ4v) is 5.47. The number of imidazole rings is 1. The number of benzene rings is 1. The van der Waals surface area contributed by atoms with E-state index in [4.69, 9.17) is 0 Å². The van der Waals surface area contributed by atoms with E-state index in [1.807, 2.05) is 61.2 Å². The summed E-state index contributed by atoms with van der Waals surface area (Å²) in [5.74, 6) is -0.234. The fourth-order valence-electron chi connectivity index (χ4n) is 5.11. The second kappa shape index (κ2) is 11.1. The van der Waals surface area contributed by atoms with Crippen molar-refractivity contribution in [3.63, 3.8) is 0 Å². The van der Waals surface area contributed by atoms with Crippen LogP contribution in [-0.2, 0) is 24.6 Å². The average Bonchev–Trinajstić information content (AvgIpc) is 3.47. The third-order valence-electron chi connectivity index (χ3n) is 6.87. The molecule has 0 saturated carbocycles. The van der Waals surface area contributed by atoms with Gasteiger partial charge in [0.2, 0.25) is 0 Å². The number of aryl methyl sites for hydroxylation is 2. The van der Waals surface area contributed by atoms with Crippen LogP contribution in [-0.4, -0.2) is 61.2 Å². The van der Waals surface area contributed by atoms with E-state index in [9.17, 15) is 9.00 Å². The molecule has 200 valence electrons. The smallest absolute Gasteiger partial charge is 0.257 e. The van der Waals surface area contributed by atoms with Crippen LogP contribution in [0, 0.1) is 6.92 Å². The van der Waals surface area contributed by atoms with E-state index in [0.29, 0.717) is 29.4 Å². The summed E-state index contributed by atoms with van der Waals surface area (Å²) < 4.78 is 18.2.